The van der Waals surface area contributed by atoms with Gasteiger partial charge in [-0.15, -0.1) is 0 Å². The largest absolute Gasteiger partial charge is 0.482 e. The number of carbonyl (C=O) groups is 1. The molecule has 0 fully saturated rings. The van der Waals surface area contributed by atoms with Gasteiger partial charge in [0.15, 0.2) is 6.61 Å². The summed E-state index contributed by atoms with van der Waals surface area (Å²) in [5, 5.41) is 2.43. The maximum absolute atomic E-state index is 13.1. The van der Waals surface area contributed by atoms with E-state index < -0.39 is 34.2 Å². The van der Waals surface area contributed by atoms with E-state index in [-0.39, 0.29) is 27.0 Å². The van der Waals surface area contributed by atoms with Gasteiger partial charge in [0.05, 0.1) is 9.92 Å². The Morgan fingerprint density at radius 3 is 2.33 bits per heavy atom. The molecule has 0 radical (unpaired) electrons. The third kappa shape index (κ3) is 5.68. The molecule has 0 saturated heterocycles. The van der Waals surface area contributed by atoms with Gasteiger partial charge >= 0.3 is 0 Å². The van der Waals surface area contributed by atoms with Crippen LogP contribution in [0.3, 0.4) is 0 Å². The SMILES string of the molecule is O=C(COc1ccc(S(=O)(=O)Nc2ccc(F)cc2)cc1Cl)Nc1cccc(F)c1. The summed E-state index contributed by atoms with van der Waals surface area (Å²) in [7, 11) is -3.97. The molecule has 0 aromatic heterocycles. The van der Waals surface area contributed by atoms with Crippen LogP contribution in [0.1, 0.15) is 0 Å². The quantitative estimate of drug-likeness (QED) is 0.555. The van der Waals surface area contributed by atoms with Crippen molar-refractivity contribution >= 4 is 38.9 Å². The topological polar surface area (TPSA) is 84.5 Å². The van der Waals surface area contributed by atoms with Crippen LogP contribution in [0.2, 0.25) is 5.02 Å². The number of rotatable bonds is 7. The first-order valence-corrected chi connectivity index (χ1v) is 10.4. The molecule has 3 aromatic rings. The number of halogens is 3. The molecule has 0 saturated carbocycles. The Kier molecular flexibility index (Phi) is 6.53. The number of ether oxygens (including phenoxy) is 1. The first-order valence-electron chi connectivity index (χ1n) is 8.49. The van der Waals surface area contributed by atoms with Gasteiger partial charge in [-0.3, -0.25) is 9.52 Å². The number of amides is 1. The second kappa shape index (κ2) is 9.10. The number of nitrogens with one attached hydrogen (secondary N) is 2. The molecule has 2 N–H and O–H groups in total. The molecule has 3 aromatic carbocycles. The number of sulfonamides is 1. The van der Waals surface area contributed by atoms with E-state index in [2.05, 4.69) is 10.0 Å². The van der Waals surface area contributed by atoms with Crippen LogP contribution in [-0.2, 0) is 14.8 Å². The first kappa shape index (κ1) is 21.5. The summed E-state index contributed by atoms with van der Waals surface area (Å²) in [5.41, 5.74) is 0.449. The van der Waals surface area contributed by atoms with E-state index in [0.717, 1.165) is 24.3 Å². The summed E-state index contributed by atoms with van der Waals surface area (Å²) in [4.78, 5) is 11.8. The molecular formula is C20H15ClF2N2O4S. The lowest BCUT2D eigenvalue weighted by atomic mass is 10.3. The van der Waals surface area contributed by atoms with Crippen LogP contribution in [0.25, 0.3) is 0 Å². The predicted octanol–water partition coefficient (Wildman–Crippen LogP) is 4.44. The predicted molar refractivity (Wildman–Crippen MR) is 109 cm³/mol. The van der Waals surface area contributed by atoms with Crippen molar-refractivity contribution in [3.8, 4) is 5.75 Å². The van der Waals surface area contributed by atoms with Crippen molar-refractivity contribution in [1.82, 2.24) is 0 Å². The van der Waals surface area contributed by atoms with E-state index in [4.69, 9.17) is 16.3 Å². The van der Waals surface area contributed by atoms with Crippen LogP contribution in [-0.4, -0.2) is 20.9 Å². The Morgan fingerprint density at radius 1 is 0.933 bits per heavy atom. The van der Waals surface area contributed by atoms with Crippen LogP contribution in [0.4, 0.5) is 20.2 Å². The van der Waals surface area contributed by atoms with Gasteiger partial charge in [0, 0.05) is 11.4 Å². The van der Waals surface area contributed by atoms with E-state index in [1.165, 1.54) is 42.5 Å². The van der Waals surface area contributed by atoms with Gasteiger partial charge in [0.2, 0.25) is 0 Å². The fraction of sp³-hybridized carbons (Fsp3) is 0.0500. The van der Waals surface area contributed by atoms with Crippen LogP contribution in [0.5, 0.6) is 5.75 Å². The molecule has 0 aliphatic rings. The summed E-state index contributed by atoms with van der Waals surface area (Å²) in [6.45, 7) is -0.420. The lowest BCUT2D eigenvalue weighted by Crippen LogP contribution is -2.20. The van der Waals surface area contributed by atoms with Crippen LogP contribution in [0.15, 0.2) is 71.6 Å². The van der Waals surface area contributed by atoms with E-state index >= 15 is 0 Å². The molecule has 0 aliphatic heterocycles. The number of anilines is 2. The van der Waals surface area contributed by atoms with Crippen molar-refractivity contribution in [3.05, 3.63) is 83.4 Å². The molecule has 156 valence electrons. The first-order chi connectivity index (χ1) is 14.2. The maximum Gasteiger partial charge on any atom is 0.262 e. The highest BCUT2D eigenvalue weighted by atomic mass is 35.5. The fourth-order valence-electron chi connectivity index (χ4n) is 2.40. The monoisotopic (exact) mass is 452 g/mol. The highest BCUT2D eigenvalue weighted by molar-refractivity contribution is 7.92. The van der Waals surface area contributed by atoms with Crippen molar-refractivity contribution in [3.63, 3.8) is 0 Å². The zero-order valence-corrected chi connectivity index (χ0v) is 16.8. The summed E-state index contributed by atoms with van der Waals surface area (Å²) in [5.74, 6) is -1.45. The molecule has 30 heavy (non-hydrogen) atoms. The van der Waals surface area contributed by atoms with E-state index in [1.54, 1.807) is 0 Å². The molecule has 0 unspecified atom stereocenters. The zero-order valence-electron chi connectivity index (χ0n) is 15.2. The highest BCUT2D eigenvalue weighted by Gasteiger charge is 2.17. The Balaban J connectivity index is 1.64. The molecule has 0 heterocycles. The van der Waals surface area contributed by atoms with Gasteiger partial charge < -0.3 is 10.1 Å². The minimum absolute atomic E-state index is 0.0319. The summed E-state index contributed by atoms with van der Waals surface area (Å²) >= 11 is 6.08. The number of carbonyl (C=O) groups excluding carboxylic acids is 1. The Hall–Kier alpha value is -3.17. The van der Waals surface area contributed by atoms with Gasteiger partial charge in [-0.25, -0.2) is 17.2 Å². The second-order valence-corrected chi connectivity index (χ2v) is 8.14. The van der Waals surface area contributed by atoms with Crippen molar-refractivity contribution < 1.29 is 26.7 Å². The van der Waals surface area contributed by atoms with Crippen LogP contribution in [0, 0.1) is 11.6 Å². The number of hydrogen-bond donors (Lipinski definition) is 2. The van der Waals surface area contributed by atoms with Crippen LogP contribution >= 0.6 is 11.6 Å². The molecular weight excluding hydrogens is 438 g/mol. The van der Waals surface area contributed by atoms with Crippen LogP contribution < -0.4 is 14.8 Å². The average Bonchev–Trinajstić information content (AvgIpc) is 2.68. The fourth-order valence-corrected chi connectivity index (χ4v) is 3.79. The normalized spacial score (nSPS) is 11.0. The van der Waals surface area contributed by atoms with E-state index in [0.29, 0.717) is 0 Å². The van der Waals surface area contributed by atoms with Gasteiger partial charge in [0.25, 0.3) is 15.9 Å². The van der Waals surface area contributed by atoms with Crippen molar-refractivity contribution in [1.29, 1.82) is 0 Å². The molecule has 6 nitrogen and oxygen atoms in total. The van der Waals surface area contributed by atoms with Gasteiger partial charge in [-0.2, -0.15) is 0 Å². The summed E-state index contributed by atoms with van der Waals surface area (Å²) < 4.78 is 58.6. The standard InChI is InChI=1S/C20H15ClF2N2O4S/c21-18-11-17(30(27,28)25-15-6-4-13(22)5-7-15)8-9-19(18)29-12-20(26)24-16-3-1-2-14(23)10-16/h1-11,25H,12H2,(H,24,26). The molecule has 3 rings (SSSR count). The number of hydrogen-bond acceptors (Lipinski definition) is 4. The average molecular weight is 453 g/mol. The van der Waals surface area contributed by atoms with Crippen molar-refractivity contribution in [2.45, 2.75) is 4.90 Å². The second-order valence-electron chi connectivity index (χ2n) is 6.05. The Labute approximate surface area is 176 Å². The van der Waals surface area contributed by atoms with Gasteiger partial charge in [0.1, 0.15) is 17.4 Å². The van der Waals surface area contributed by atoms with Gasteiger partial charge in [-0.05, 0) is 60.7 Å². The minimum atomic E-state index is -3.97. The lowest BCUT2D eigenvalue weighted by Gasteiger charge is -2.11. The Bertz CT molecular complexity index is 1170. The Morgan fingerprint density at radius 2 is 1.67 bits per heavy atom. The molecule has 0 spiro atoms. The smallest absolute Gasteiger partial charge is 0.262 e. The molecule has 1 amide bonds. The molecule has 0 atom stereocenters. The summed E-state index contributed by atoms with van der Waals surface area (Å²) in [6.07, 6.45) is 0. The molecule has 0 aliphatic carbocycles. The number of benzene rings is 3. The van der Waals surface area contributed by atoms with Gasteiger partial charge in [-0.1, -0.05) is 17.7 Å². The van der Waals surface area contributed by atoms with Crippen molar-refractivity contribution in [2.24, 2.45) is 0 Å². The minimum Gasteiger partial charge on any atom is -0.482 e. The maximum atomic E-state index is 13.1. The van der Waals surface area contributed by atoms with E-state index in [9.17, 15) is 22.0 Å². The third-order valence-corrected chi connectivity index (χ3v) is 5.45. The van der Waals surface area contributed by atoms with Crippen molar-refractivity contribution in [2.75, 3.05) is 16.6 Å². The zero-order chi connectivity index (χ0) is 21.7. The highest BCUT2D eigenvalue weighted by Crippen LogP contribution is 2.28. The molecule has 0 bridgehead atoms. The third-order valence-electron chi connectivity index (χ3n) is 3.78. The molecule has 10 heteroatoms. The summed E-state index contributed by atoms with van der Waals surface area (Å²) in [6, 6.07) is 13.9. The lowest BCUT2D eigenvalue weighted by molar-refractivity contribution is -0.118. The van der Waals surface area contributed by atoms with E-state index in [1.807, 2.05) is 0 Å².